The zero-order valence-corrected chi connectivity index (χ0v) is 11.7. The Bertz CT molecular complexity index is 204. The summed E-state index contributed by atoms with van der Waals surface area (Å²) in [6.45, 7) is 4.18. The summed E-state index contributed by atoms with van der Waals surface area (Å²) in [6.07, 6.45) is 6.30. The Morgan fingerprint density at radius 1 is 1.18 bits per heavy atom. The molecular formula is C14H28O3. The Balaban J connectivity index is 2.47. The average Bonchev–Trinajstić information content (AvgIpc) is 2.36. The first-order valence-electron chi connectivity index (χ1n) is 6.81. The van der Waals surface area contributed by atoms with E-state index in [-0.39, 0.29) is 6.29 Å². The van der Waals surface area contributed by atoms with Crippen LogP contribution in [0.1, 0.15) is 52.4 Å². The molecule has 1 unspecified atom stereocenters. The molecule has 3 nitrogen and oxygen atoms in total. The van der Waals surface area contributed by atoms with E-state index in [1.807, 2.05) is 6.92 Å². The molecule has 0 radical (unpaired) electrons. The van der Waals surface area contributed by atoms with Crippen molar-refractivity contribution in [3.05, 3.63) is 0 Å². The van der Waals surface area contributed by atoms with Crippen LogP contribution in [0.15, 0.2) is 0 Å². The quantitative estimate of drug-likeness (QED) is 0.730. The third-order valence-corrected chi connectivity index (χ3v) is 4.41. The highest BCUT2D eigenvalue weighted by molar-refractivity contribution is 4.86. The Morgan fingerprint density at radius 2 is 1.71 bits per heavy atom. The standard InChI is InChI=1S/C14H28O3/c1-5-11-6-8-12(9-7-11)14(2,15)10-13(16-3)17-4/h11-13,15H,5-10H2,1-4H3. The first-order chi connectivity index (χ1) is 8.03. The van der Waals surface area contributed by atoms with Crippen LogP contribution in [0, 0.1) is 11.8 Å². The third-order valence-electron chi connectivity index (χ3n) is 4.41. The molecule has 1 aliphatic rings. The summed E-state index contributed by atoms with van der Waals surface area (Å²) >= 11 is 0. The van der Waals surface area contributed by atoms with Crippen LogP contribution < -0.4 is 0 Å². The average molecular weight is 244 g/mol. The van der Waals surface area contributed by atoms with Crippen LogP contribution in [0.25, 0.3) is 0 Å². The van der Waals surface area contributed by atoms with Gasteiger partial charge in [-0.15, -0.1) is 0 Å². The summed E-state index contributed by atoms with van der Waals surface area (Å²) in [4.78, 5) is 0. The zero-order chi connectivity index (χ0) is 12.9. The maximum atomic E-state index is 10.6. The fourth-order valence-electron chi connectivity index (χ4n) is 2.96. The van der Waals surface area contributed by atoms with Crippen molar-refractivity contribution < 1.29 is 14.6 Å². The molecule has 0 spiro atoms. The molecule has 3 heteroatoms. The first-order valence-corrected chi connectivity index (χ1v) is 6.81. The Hall–Kier alpha value is -0.120. The minimum absolute atomic E-state index is 0.297. The van der Waals surface area contributed by atoms with Crippen molar-refractivity contribution in [1.82, 2.24) is 0 Å². The number of rotatable bonds is 6. The van der Waals surface area contributed by atoms with Gasteiger partial charge in [-0.05, 0) is 31.6 Å². The van der Waals surface area contributed by atoms with E-state index < -0.39 is 5.60 Å². The molecule has 0 heterocycles. The van der Waals surface area contributed by atoms with E-state index in [9.17, 15) is 5.11 Å². The molecule has 0 amide bonds. The monoisotopic (exact) mass is 244 g/mol. The predicted octanol–water partition coefficient (Wildman–Crippen LogP) is 2.96. The second kappa shape index (κ2) is 6.72. The number of aliphatic hydroxyl groups is 1. The second-order valence-electron chi connectivity index (χ2n) is 5.59. The summed E-state index contributed by atoms with van der Waals surface area (Å²) in [5, 5.41) is 10.6. The van der Waals surface area contributed by atoms with Crippen molar-refractivity contribution in [3.8, 4) is 0 Å². The van der Waals surface area contributed by atoms with Crippen LogP contribution in [0.3, 0.4) is 0 Å². The number of ether oxygens (including phenoxy) is 2. The molecule has 1 atom stereocenters. The first kappa shape index (κ1) is 14.9. The topological polar surface area (TPSA) is 38.7 Å². The maximum absolute atomic E-state index is 10.6. The van der Waals surface area contributed by atoms with E-state index in [1.54, 1.807) is 14.2 Å². The summed E-state index contributed by atoms with van der Waals surface area (Å²) in [6, 6.07) is 0. The predicted molar refractivity (Wildman–Crippen MR) is 68.8 cm³/mol. The lowest BCUT2D eigenvalue weighted by atomic mass is 9.72. The minimum atomic E-state index is -0.671. The van der Waals surface area contributed by atoms with Gasteiger partial charge in [-0.3, -0.25) is 0 Å². The molecule has 17 heavy (non-hydrogen) atoms. The van der Waals surface area contributed by atoms with Gasteiger partial charge in [-0.25, -0.2) is 0 Å². The van der Waals surface area contributed by atoms with Gasteiger partial charge in [0.1, 0.15) is 0 Å². The highest BCUT2D eigenvalue weighted by Gasteiger charge is 2.36. The molecule has 0 aromatic rings. The molecule has 0 aliphatic heterocycles. The molecule has 1 fully saturated rings. The van der Waals surface area contributed by atoms with Gasteiger partial charge in [0.25, 0.3) is 0 Å². The van der Waals surface area contributed by atoms with Gasteiger partial charge in [-0.2, -0.15) is 0 Å². The molecule has 1 aliphatic carbocycles. The Kier molecular flexibility index (Phi) is 5.90. The molecule has 1 saturated carbocycles. The van der Waals surface area contributed by atoms with Gasteiger partial charge >= 0.3 is 0 Å². The Labute approximate surface area is 105 Å². The van der Waals surface area contributed by atoms with Crippen LogP contribution in [-0.2, 0) is 9.47 Å². The van der Waals surface area contributed by atoms with E-state index in [0.717, 1.165) is 18.8 Å². The van der Waals surface area contributed by atoms with E-state index in [0.29, 0.717) is 12.3 Å². The van der Waals surface area contributed by atoms with Crippen LogP contribution in [-0.4, -0.2) is 31.2 Å². The second-order valence-corrected chi connectivity index (χ2v) is 5.59. The number of hydrogen-bond donors (Lipinski definition) is 1. The molecule has 0 aromatic heterocycles. The minimum Gasteiger partial charge on any atom is -0.390 e. The van der Waals surface area contributed by atoms with Crippen molar-refractivity contribution in [2.75, 3.05) is 14.2 Å². The lowest BCUT2D eigenvalue weighted by molar-refractivity contribution is -0.155. The molecule has 102 valence electrons. The number of methoxy groups -OCH3 is 2. The van der Waals surface area contributed by atoms with Gasteiger partial charge in [0, 0.05) is 20.6 Å². The van der Waals surface area contributed by atoms with E-state index in [4.69, 9.17) is 9.47 Å². The van der Waals surface area contributed by atoms with Crippen molar-refractivity contribution in [1.29, 1.82) is 0 Å². The van der Waals surface area contributed by atoms with Gasteiger partial charge in [-0.1, -0.05) is 26.2 Å². The van der Waals surface area contributed by atoms with Crippen molar-refractivity contribution in [3.63, 3.8) is 0 Å². The molecule has 1 N–H and O–H groups in total. The smallest absolute Gasteiger partial charge is 0.159 e. The normalized spacial score (nSPS) is 29.3. The largest absolute Gasteiger partial charge is 0.390 e. The lowest BCUT2D eigenvalue weighted by Crippen LogP contribution is -2.41. The van der Waals surface area contributed by atoms with Crippen LogP contribution in [0.5, 0.6) is 0 Å². The highest BCUT2D eigenvalue weighted by Crippen LogP contribution is 2.38. The highest BCUT2D eigenvalue weighted by atomic mass is 16.7. The summed E-state index contributed by atoms with van der Waals surface area (Å²) in [7, 11) is 3.25. The van der Waals surface area contributed by atoms with E-state index >= 15 is 0 Å². The summed E-state index contributed by atoms with van der Waals surface area (Å²) < 4.78 is 10.4. The molecule has 0 saturated heterocycles. The molecular weight excluding hydrogens is 216 g/mol. The summed E-state index contributed by atoms with van der Waals surface area (Å²) in [5.41, 5.74) is -0.671. The zero-order valence-electron chi connectivity index (χ0n) is 11.7. The SMILES string of the molecule is CCC1CCC(C(C)(O)CC(OC)OC)CC1. The number of hydrogen-bond acceptors (Lipinski definition) is 3. The van der Waals surface area contributed by atoms with Gasteiger partial charge in [0.15, 0.2) is 6.29 Å². The van der Waals surface area contributed by atoms with E-state index in [2.05, 4.69) is 6.92 Å². The fourth-order valence-corrected chi connectivity index (χ4v) is 2.96. The third kappa shape index (κ3) is 4.23. The maximum Gasteiger partial charge on any atom is 0.159 e. The van der Waals surface area contributed by atoms with E-state index in [1.165, 1.54) is 19.3 Å². The lowest BCUT2D eigenvalue weighted by Gasteiger charge is -2.39. The van der Waals surface area contributed by atoms with Crippen molar-refractivity contribution in [2.45, 2.75) is 64.3 Å². The fraction of sp³-hybridized carbons (Fsp3) is 1.00. The Morgan fingerprint density at radius 3 is 2.12 bits per heavy atom. The van der Waals surface area contributed by atoms with Gasteiger partial charge in [0.2, 0.25) is 0 Å². The van der Waals surface area contributed by atoms with Crippen molar-refractivity contribution >= 4 is 0 Å². The molecule has 0 aromatic carbocycles. The van der Waals surface area contributed by atoms with Gasteiger partial charge < -0.3 is 14.6 Å². The van der Waals surface area contributed by atoms with Crippen LogP contribution in [0.2, 0.25) is 0 Å². The van der Waals surface area contributed by atoms with Crippen LogP contribution in [0.4, 0.5) is 0 Å². The molecule has 0 bridgehead atoms. The van der Waals surface area contributed by atoms with Crippen LogP contribution >= 0.6 is 0 Å². The summed E-state index contributed by atoms with van der Waals surface area (Å²) in [5.74, 6) is 1.25. The van der Waals surface area contributed by atoms with Crippen molar-refractivity contribution in [2.24, 2.45) is 11.8 Å². The molecule has 1 rings (SSSR count). The van der Waals surface area contributed by atoms with Gasteiger partial charge in [0.05, 0.1) is 5.60 Å².